The second-order valence-corrected chi connectivity index (χ2v) is 6.99. The second-order valence-electron chi connectivity index (χ2n) is 6.22. The Balaban J connectivity index is 2.46. The molecule has 1 aliphatic heterocycles. The van der Waals surface area contributed by atoms with Crippen LogP contribution in [-0.2, 0) is 4.74 Å². The molecule has 1 heterocycles. The highest BCUT2D eigenvalue weighted by Gasteiger charge is 2.25. The molecule has 23 heavy (non-hydrogen) atoms. The van der Waals surface area contributed by atoms with Crippen molar-refractivity contribution < 1.29 is 9.77 Å². The molecule has 0 aliphatic carbocycles. The molecule has 0 bridgehead atoms. The van der Waals surface area contributed by atoms with Crippen molar-refractivity contribution in [2.75, 3.05) is 39.5 Å². The van der Waals surface area contributed by atoms with Gasteiger partial charge in [-0.15, -0.1) is 0 Å². The molecule has 0 aromatic rings. The summed E-state index contributed by atoms with van der Waals surface area (Å²) in [6.45, 7) is 10.2. The van der Waals surface area contributed by atoms with Gasteiger partial charge in [-0.3, -0.25) is 0 Å². The average Bonchev–Trinajstić information content (AvgIpc) is 2.92. The van der Waals surface area contributed by atoms with Gasteiger partial charge in [-0.25, -0.2) is 10.1 Å². The molecule has 0 saturated carbocycles. The van der Waals surface area contributed by atoms with Crippen molar-refractivity contribution in [3.05, 3.63) is 10.1 Å². The Morgan fingerprint density at radius 1 is 1.57 bits per heavy atom. The molecule has 1 saturated heterocycles. The molecular formula is C15H30N4O3S. The first-order valence-electron chi connectivity index (χ1n) is 8.21. The molecule has 0 aromatic carbocycles. The van der Waals surface area contributed by atoms with Crippen LogP contribution >= 0.6 is 11.8 Å². The molecule has 8 heteroatoms. The Morgan fingerprint density at radius 3 is 2.74 bits per heavy atom. The van der Waals surface area contributed by atoms with Gasteiger partial charge in [0, 0.05) is 26.2 Å². The minimum Gasteiger partial charge on any atom is -0.378 e. The number of hydrogen-bond acceptors (Lipinski definition) is 5. The zero-order valence-corrected chi connectivity index (χ0v) is 15.7. The zero-order valence-electron chi connectivity index (χ0n) is 14.9. The first kappa shape index (κ1) is 20.2. The Morgan fingerprint density at radius 2 is 2.26 bits per heavy atom. The van der Waals surface area contributed by atoms with Crippen LogP contribution in [0.1, 0.15) is 33.6 Å². The topological polar surface area (TPSA) is 71.2 Å². The molecule has 134 valence electrons. The van der Waals surface area contributed by atoms with E-state index in [0.717, 1.165) is 39.1 Å². The van der Waals surface area contributed by atoms with Gasteiger partial charge in [-0.1, -0.05) is 18.7 Å². The van der Waals surface area contributed by atoms with Crippen LogP contribution in [0.2, 0.25) is 0 Å². The predicted octanol–water partition coefficient (Wildman–Crippen LogP) is 2.35. The normalized spacial score (nSPS) is 23.3. The molecule has 0 amide bonds. The summed E-state index contributed by atoms with van der Waals surface area (Å²) in [7, 11) is 1.86. The molecule has 1 fully saturated rings. The lowest BCUT2D eigenvalue weighted by atomic mass is 10.0. The van der Waals surface area contributed by atoms with Gasteiger partial charge in [0.15, 0.2) is 5.03 Å². The van der Waals surface area contributed by atoms with E-state index < -0.39 is 5.03 Å². The predicted molar refractivity (Wildman–Crippen MR) is 95.4 cm³/mol. The molecule has 0 N–H and O–H groups in total. The van der Waals surface area contributed by atoms with Crippen LogP contribution < -0.4 is 0 Å². The van der Waals surface area contributed by atoms with E-state index in [2.05, 4.69) is 30.8 Å². The average molecular weight is 346 g/mol. The smallest absolute Gasteiger partial charge is 0.237 e. The molecule has 1 aliphatic rings. The number of amidine groups is 1. The summed E-state index contributed by atoms with van der Waals surface area (Å²) in [6.07, 6.45) is 4.27. The third kappa shape index (κ3) is 7.05. The molecular weight excluding hydrogens is 316 g/mol. The second kappa shape index (κ2) is 10.1. The van der Waals surface area contributed by atoms with Gasteiger partial charge in [0.2, 0.25) is 5.17 Å². The fourth-order valence-electron chi connectivity index (χ4n) is 2.99. The summed E-state index contributed by atoms with van der Waals surface area (Å²) in [6, 6.07) is 0.428. The number of rotatable bonds is 8. The van der Waals surface area contributed by atoms with Crippen molar-refractivity contribution in [3.63, 3.8) is 0 Å². The SMILES string of the molecule is CCN(CC1COC(C)C1)C(C)CCN(C)C(=N[N+](=O)[O-])SC. The highest BCUT2D eigenvalue weighted by molar-refractivity contribution is 8.13. The van der Waals surface area contributed by atoms with E-state index in [0.29, 0.717) is 23.2 Å². The number of nitro groups is 1. The molecule has 7 nitrogen and oxygen atoms in total. The van der Waals surface area contributed by atoms with E-state index in [-0.39, 0.29) is 0 Å². The van der Waals surface area contributed by atoms with Gasteiger partial charge in [-0.05, 0) is 45.4 Å². The number of thioether (sulfide) groups is 1. The maximum atomic E-state index is 10.5. The van der Waals surface area contributed by atoms with E-state index in [1.165, 1.54) is 11.8 Å². The van der Waals surface area contributed by atoms with Crippen LogP contribution in [0.3, 0.4) is 0 Å². The van der Waals surface area contributed by atoms with Crippen molar-refractivity contribution in [1.82, 2.24) is 9.80 Å². The third-order valence-electron chi connectivity index (χ3n) is 4.36. The molecule has 0 spiro atoms. The van der Waals surface area contributed by atoms with Crippen LogP contribution in [-0.4, -0.2) is 71.7 Å². The van der Waals surface area contributed by atoms with E-state index in [4.69, 9.17) is 4.74 Å². The standard InChI is InChI=1S/C15H30N4O3S/c1-6-18(10-14-9-13(3)22-11-14)12(2)7-8-17(4)15(23-5)16-19(20)21/h12-14H,6-11H2,1-5H3. The van der Waals surface area contributed by atoms with Gasteiger partial charge in [-0.2, -0.15) is 0 Å². The lowest BCUT2D eigenvalue weighted by Gasteiger charge is -2.31. The Bertz CT molecular complexity index is 408. The highest BCUT2D eigenvalue weighted by atomic mass is 32.2. The molecule has 3 atom stereocenters. The molecule has 0 aromatic heterocycles. The van der Waals surface area contributed by atoms with Crippen molar-refractivity contribution >= 4 is 16.9 Å². The minimum absolute atomic E-state index is 0.377. The van der Waals surface area contributed by atoms with Crippen molar-refractivity contribution in [1.29, 1.82) is 0 Å². The summed E-state index contributed by atoms with van der Waals surface area (Å²) in [5.41, 5.74) is 0. The maximum absolute atomic E-state index is 10.5. The van der Waals surface area contributed by atoms with Gasteiger partial charge >= 0.3 is 0 Å². The summed E-state index contributed by atoms with van der Waals surface area (Å²) in [4.78, 5) is 14.9. The fourth-order valence-corrected chi connectivity index (χ4v) is 3.54. The van der Waals surface area contributed by atoms with Crippen molar-refractivity contribution in [2.45, 2.75) is 45.8 Å². The molecule has 0 radical (unpaired) electrons. The van der Waals surface area contributed by atoms with Crippen LogP contribution in [0.5, 0.6) is 0 Å². The first-order valence-corrected chi connectivity index (χ1v) is 9.43. The summed E-state index contributed by atoms with van der Waals surface area (Å²) >= 11 is 1.30. The van der Waals surface area contributed by atoms with Crippen LogP contribution in [0.15, 0.2) is 5.10 Å². The highest BCUT2D eigenvalue weighted by Crippen LogP contribution is 2.21. The van der Waals surface area contributed by atoms with Gasteiger partial charge in [0.1, 0.15) is 0 Å². The first-order chi connectivity index (χ1) is 10.9. The van der Waals surface area contributed by atoms with Crippen LogP contribution in [0.4, 0.5) is 0 Å². The van der Waals surface area contributed by atoms with Gasteiger partial charge < -0.3 is 14.5 Å². The number of hydrogen-bond donors (Lipinski definition) is 0. The fraction of sp³-hybridized carbons (Fsp3) is 0.933. The lowest BCUT2D eigenvalue weighted by molar-refractivity contribution is -0.485. The molecule has 1 rings (SSSR count). The lowest BCUT2D eigenvalue weighted by Crippen LogP contribution is -2.39. The summed E-state index contributed by atoms with van der Waals surface area (Å²) in [5, 5.41) is 13.8. The van der Waals surface area contributed by atoms with Crippen LogP contribution in [0.25, 0.3) is 0 Å². The Kier molecular flexibility index (Phi) is 8.86. The zero-order chi connectivity index (χ0) is 17.4. The molecule has 3 unspecified atom stereocenters. The van der Waals surface area contributed by atoms with E-state index >= 15 is 0 Å². The van der Waals surface area contributed by atoms with Crippen molar-refractivity contribution in [2.24, 2.45) is 11.0 Å². The maximum Gasteiger partial charge on any atom is 0.237 e. The Hall–Kier alpha value is -0.860. The summed E-state index contributed by atoms with van der Waals surface area (Å²) < 4.78 is 5.65. The van der Waals surface area contributed by atoms with E-state index in [1.54, 1.807) is 0 Å². The minimum atomic E-state index is -0.634. The number of ether oxygens (including phenoxy) is 1. The summed E-state index contributed by atoms with van der Waals surface area (Å²) in [5.74, 6) is 0.614. The van der Waals surface area contributed by atoms with Gasteiger partial charge in [0.05, 0.1) is 17.8 Å². The quantitative estimate of drug-likeness (QED) is 0.291. The van der Waals surface area contributed by atoms with Crippen LogP contribution in [0, 0.1) is 16.0 Å². The number of nitrogens with zero attached hydrogens (tertiary/aromatic N) is 4. The Labute approximate surface area is 143 Å². The third-order valence-corrected chi connectivity index (χ3v) is 5.12. The van der Waals surface area contributed by atoms with Crippen molar-refractivity contribution in [3.8, 4) is 0 Å². The number of hydrazone groups is 1. The largest absolute Gasteiger partial charge is 0.378 e. The van der Waals surface area contributed by atoms with E-state index in [1.807, 2.05) is 18.2 Å². The monoisotopic (exact) mass is 346 g/mol. The van der Waals surface area contributed by atoms with E-state index in [9.17, 15) is 10.1 Å². The van der Waals surface area contributed by atoms with Gasteiger partial charge in [0.25, 0.3) is 0 Å².